The van der Waals surface area contributed by atoms with E-state index < -0.39 is 18.2 Å². The number of fused-ring (bicyclic) bond motifs is 3. The number of aromatic nitrogens is 3. The van der Waals surface area contributed by atoms with Crippen LogP contribution in [0.2, 0.25) is 5.02 Å². The Morgan fingerprint density at radius 2 is 1.94 bits per heavy atom. The molecule has 1 aliphatic rings. The third-order valence-corrected chi connectivity index (χ3v) is 5.74. The van der Waals surface area contributed by atoms with E-state index in [1.54, 1.807) is 40.4 Å². The van der Waals surface area contributed by atoms with Crippen molar-refractivity contribution in [2.75, 3.05) is 27.9 Å². The van der Waals surface area contributed by atoms with Crippen molar-refractivity contribution >= 4 is 17.6 Å². The summed E-state index contributed by atoms with van der Waals surface area (Å²) < 4.78 is 30.2. The lowest BCUT2D eigenvalue weighted by Crippen LogP contribution is -2.17. The summed E-state index contributed by atoms with van der Waals surface area (Å²) in [5.74, 6) is 1.70. The standard InChI is InChI=1S/C24H26ClN3O6/c1-5-33-21(29)12-19-24-27-26-20(13-30-2)28(24)17-10-9-14(25)11-16(17)22(34-19)15-7-6-8-18(31-3)23(15)32-4/h6-11,19,22H,5,12-13H2,1-4H3. The van der Waals surface area contributed by atoms with Gasteiger partial charge in [0, 0.05) is 23.3 Å². The van der Waals surface area contributed by atoms with Gasteiger partial charge in [-0.25, -0.2) is 0 Å². The highest BCUT2D eigenvalue weighted by atomic mass is 35.5. The van der Waals surface area contributed by atoms with Crippen LogP contribution in [0, 0.1) is 0 Å². The van der Waals surface area contributed by atoms with E-state index in [9.17, 15) is 4.79 Å². The quantitative estimate of drug-likeness (QED) is 0.436. The van der Waals surface area contributed by atoms with Gasteiger partial charge in [-0.05, 0) is 31.2 Å². The highest BCUT2D eigenvalue weighted by Gasteiger charge is 2.36. The molecule has 0 saturated carbocycles. The number of carbonyl (C=O) groups excluding carboxylic acids is 1. The Bertz CT molecular complexity index is 1180. The number of nitrogens with zero attached hydrogens (tertiary/aromatic N) is 3. The Labute approximate surface area is 202 Å². The predicted octanol–water partition coefficient (Wildman–Crippen LogP) is 4.20. The average molecular weight is 488 g/mol. The fourth-order valence-electron chi connectivity index (χ4n) is 4.13. The molecule has 0 fully saturated rings. The molecular weight excluding hydrogens is 462 g/mol. The normalized spacial score (nSPS) is 16.9. The second kappa shape index (κ2) is 10.4. The molecule has 1 aliphatic heterocycles. The number of halogens is 1. The van der Waals surface area contributed by atoms with Crippen molar-refractivity contribution in [1.29, 1.82) is 0 Å². The molecular formula is C24H26ClN3O6. The zero-order valence-corrected chi connectivity index (χ0v) is 20.2. The lowest BCUT2D eigenvalue weighted by molar-refractivity contribution is -0.147. The summed E-state index contributed by atoms with van der Waals surface area (Å²) in [4.78, 5) is 12.5. The van der Waals surface area contributed by atoms with Gasteiger partial charge in [-0.1, -0.05) is 23.7 Å². The lowest BCUT2D eigenvalue weighted by Gasteiger charge is -2.24. The van der Waals surface area contributed by atoms with Gasteiger partial charge in [-0.15, -0.1) is 10.2 Å². The molecule has 9 nitrogen and oxygen atoms in total. The van der Waals surface area contributed by atoms with Gasteiger partial charge in [-0.3, -0.25) is 9.36 Å². The molecule has 0 bridgehead atoms. The zero-order valence-electron chi connectivity index (χ0n) is 19.4. The Morgan fingerprint density at radius 1 is 1.12 bits per heavy atom. The van der Waals surface area contributed by atoms with Gasteiger partial charge in [0.25, 0.3) is 0 Å². The van der Waals surface area contributed by atoms with Gasteiger partial charge in [0.15, 0.2) is 23.1 Å². The van der Waals surface area contributed by atoms with Crippen LogP contribution in [-0.2, 0) is 25.6 Å². The molecule has 1 aromatic heterocycles. The Balaban J connectivity index is 1.95. The molecule has 3 aromatic rings. The largest absolute Gasteiger partial charge is 0.493 e. The van der Waals surface area contributed by atoms with E-state index in [1.807, 2.05) is 28.8 Å². The van der Waals surface area contributed by atoms with E-state index in [2.05, 4.69) is 10.2 Å². The summed E-state index contributed by atoms with van der Waals surface area (Å²) in [6, 6.07) is 11.0. The fourth-order valence-corrected chi connectivity index (χ4v) is 4.31. The van der Waals surface area contributed by atoms with Crippen LogP contribution in [0.1, 0.15) is 48.3 Å². The Kier molecular flexibility index (Phi) is 7.35. The minimum absolute atomic E-state index is 0.0521. The highest BCUT2D eigenvalue weighted by molar-refractivity contribution is 6.30. The molecule has 0 saturated heterocycles. The van der Waals surface area contributed by atoms with E-state index in [-0.39, 0.29) is 19.6 Å². The number of methoxy groups -OCH3 is 3. The summed E-state index contributed by atoms with van der Waals surface area (Å²) >= 11 is 6.43. The maximum Gasteiger partial charge on any atom is 0.308 e. The van der Waals surface area contributed by atoms with Gasteiger partial charge in [0.2, 0.25) is 0 Å². The summed E-state index contributed by atoms with van der Waals surface area (Å²) in [7, 11) is 4.72. The predicted molar refractivity (Wildman–Crippen MR) is 124 cm³/mol. The molecule has 4 rings (SSSR count). The smallest absolute Gasteiger partial charge is 0.308 e. The van der Waals surface area contributed by atoms with Crippen LogP contribution in [0.25, 0.3) is 5.69 Å². The molecule has 2 atom stereocenters. The molecule has 34 heavy (non-hydrogen) atoms. The van der Waals surface area contributed by atoms with Crippen molar-refractivity contribution in [3.8, 4) is 17.2 Å². The molecule has 180 valence electrons. The molecule has 0 N–H and O–H groups in total. The van der Waals surface area contributed by atoms with Crippen LogP contribution in [0.5, 0.6) is 11.5 Å². The number of carbonyl (C=O) groups is 1. The van der Waals surface area contributed by atoms with Crippen molar-refractivity contribution in [2.24, 2.45) is 0 Å². The monoisotopic (exact) mass is 487 g/mol. The Morgan fingerprint density at radius 3 is 2.65 bits per heavy atom. The summed E-state index contributed by atoms with van der Waals surface area (Å²) in [5.41, 5.74) is 2.23. The number of benzene rings is 2. The van der Waals surface area contributed by atoms with Crippen LogP contribution >= 0.6 is 11.6 Å². The Hall–Kier alpha value is -3.14. The molecule has 0 spiro atoms. The first-order valence-electron chi connectivity index (χ1n) is 10.8. The third kappa shape index (κ3) is 4.46. The number of esters is 1. The lowest BCUT2D eigenvalue weighted by atomic mass is 9.98. The molecule has 0 amide bonds. The van der Waals surface area contributed by atoms with Gasteiger partial charge in [0.1, 0.15) is 18.8 Å². The number of hydrogen-bond donors (Lipinski definition) is 0. The maximum absolute atomic E-state index is 12.5. The van der Waals surface area contributed by atoms with E-state index >= 15 is 0 Å². The first-order valence-corrected chi connectivity index (χ1v) is 11.1. The average Bonchev–Trinajstić information content (AvgIpc) is 3.19. The van der Waals surface area contributed by atoms with E-state index in [0.29, 0.717) is 33.7 Å². The summed E-state index contributed by atoms with van der Waals surface area (Å²) in [5, 5.41) is 9.19. The maximum atomic E-state index is 12.5. The van der Waals surface area contributed by atoms with Gasteiger partial charge >= 0.3 is 5.97 Å². The molecule has 0 aliphatic carbocycles. The van der Waals surface area contributed by atoms with E-state index in [1.165, 1.54) is 0 Å². The van der Waals surface area contributed by atoms with Crippen molar-refractivity contribution in [3.63, 3.8) is 0 Å². The van der Waals surface area contributed by atoms with Crippen molar-refractivity contribution in [3.05, 3.63) is 64.2 Å². The fraction of sp³-hybridized carbons (Fsp3) is 0.375. The zero-order chi connectivity index (χ0) is 24.2. The molecule has 2 heterocycles. The topological polar surface area (TPSA) is 93.9 Å². The number of ether oxygens (including phenoxy) is 5. The molecule has 2 unspecified atom stereocenters. The first-order chi connectivity index (χ1) is 16.5. The van der Waals surface area contributed by atoms with Gasteiger partial charge in [0.05, 0.1) is 32.9 Å². The molecule has 2 aromatic carbocycles. The van der Waals surface area contributed by atoms with Crippen molar-refractivity contribution < 1.29 is 28.5 Å². The summed E-state index contributed by atoms with van der Waals surface area (Å²) in [6.07, 6.45) is -1.47. The van der Waals surface area contributed by atoms with E-state index in [4.69, 9.17) is 35.3 Å². The van der Waals surface area contributed by atoms with Gasteiger partial charge in [-0.2, -0.15) is 0 Å². The van der Waals surface area contributed by atoms with Crippen molar-refractivity contribution in [2.45, 2.75) is 32.2 Å². The minimum Gasteiger partial charge on any atom is -0.493 e. The van der Waals surface area contributed by atoms with Crippen LogP contribution in [-0.4, -0.2) is 48.7 Å². The second-order valence-corrected chi connectivity index (χ2v) is 7.98. The highest BCUT2D eigenvalue weighted by Crippen LogP contribution is 2.46. The molecule has 10 heteroatoms. The van der Waals surface area contributed by atoms with Crippen molar-refractivity contribution in [1.82, 2.24) is 14.8 Å². The minimum atomic E-state index is -0.760. The SMILES string of the molecule is CCOC(=O)CC1OC(c2cccc(OC)c2OC)c2cc(Cl)ccc2-n2c(COC)nnc21. The van der Waals surface area contributed by atoms with Crippen LogP contribution in [0.15, 0.2) is 36.4 Å². The van der Waals surface area contributed by atoms with Crippen LogP contribution < -0.4 is 9.47 Å². The van der Waals surface area contributed by atoms with Crippen LogP contribution in [0.4, 0.5) is 0 Å². The number of para-hydroxylation sites is 1. The molecule has 0 radical (unpaired) electrons. The summed E-state index contributed by atoms with van der Waals surface area (Å²) in [6.45, 7) is 2.23. The second-order valence-electron chi connectivity index (χ2n) is 7.54. The third-order valence-electron chi connectivity index (χ3n) is 5.50. The van der Waals surface area contributed by atoms with Crippen LogP contribution in [0.3, 0.4) is 0 Å². The first kappa shape index (κ1) is 24.0. The number of rotatable bonds is 8. The number of hydrogen-bond acceptors (Lipinski definition) is 8. The van der Waals surface area contributed by atoms with E-state index in [0.717, 1.165) is 11.3 Å². The van der Waals surface area contributed by atoms with Gasteiger partial charge < -0.3 is 23.7 Å².